The zero-order valence-electron chi connectivity index (χ0n) is 10.0. The monoisotopic (exact) mass is 249 g/mol. The lowest BCUT2D eigenvalue weighted by Gasteiger charge is -1.99. The highest BCUT2D eigenvalue weighted by atomic mass is 15.3. The van der Waals surface area contributed by atoms with Crippen molar-refractivity contribution < 1.29 is 0 Å². The van der Waals surface area contributed by atoms with E-state index in [1.165, 1.54) is 0 Å². The summed E-state index contributed by atoms with van der Waals surface area (Å²) in [6.07, 6.45) is 0. The molecule has 0 saturated carbocycles. The Morgan fingerprint density at radius 2 is 1.89 bits per heavy atom. The van der Waals surface area contributed by atoms with E-state index in [0.29, 0.717) is 0 Å². The molecule has 4 rings (SSSR count). The van der Waals surface area contributed by atoms with Crippen LogP contribution in [0, 0.1) is 0 Å². The van der Waals surface area contributed by atoms with Gasteiger partial charge in [0, 0.05) is 11.3 Å². The number of aromatic amines is 1. The summed E-state index contributed by atoms with van der Waals surface area (Å²) in [6, 6.07) is 15.7. The number of rotatable bonds is 1. The van der Waals surface area contributed by atoms with Gasteiger partial charge in [0.1, 0.15) is 0 Å². The number of benzene rings is 2. The minimum Gasteiger partial charge on any atom is -0.399 e. The zero-order chi connectivity index (χ0) is 12.8. The number of nitrogen functional groups attached to an aromatic ring is 1. The molecule has 0 atom stereocenters. The van der Waals surface area contributed by atoms with E-state index in [1.54, 1.807) is 0 Å². The third-order valence-electron chi connectivity index (χ3n) is 3.18. The molecule has 0 saturated heterocycles. The SMILES string of the molecule is Nc1ccc2nc3[nH]nc(-c4ccccc4)n3c2c1. The van der Waals surface area contributed by atoms with Crippen molar-refractivity contribution in [2.45, 2.75) is 0 Å². The van der Waals surface area contributed by atoms with E-state index in [2.05, 4.69) is 15.2 Å². The quantitative estimate of drug-likeness (QED) is 0.509. The van der Waals surface area contributed by atoms with Crippen LogP contribution in [0.5, 0.6) is 0 Å². The molecule has 0 fully saturated rings. The van der Waals surface area contributed by atoms with Crippen molar-refractivity contribution >= 4 is 22.5 Å². The predicted molar refractivity (Wildman–Crippen MR) is 74.7 cm³/mol. The van der Waals surface area contributed by atoms with E-state index in [-0.39, 0.29) is 0 Å². The summed E-state index contributed by atoms with van der Waals surface area (Å²) in [5, 5.41) is 7.30. The molecule has 0 aliphatic heterocycles. The van der Waals surface area contributed by atoms with Crippen LogP contribution in [0.25, 0.3) is 28.2 Å². The average Bonchev–Trinajstić information content (AvgIpc) is 2.99. The fourth-order valence-corrected chi connectivity index (χ4v) is 2.32. The third kappa shape index (κ3) is 1.41. The Hall–Kier alpha value is -2.82. The van der Waals surface area contributed by atoms with Crippen LogP contribution < -0.4 is 5.73 Å². The zero-order valence-corrected chi connectivity index (χ0v) is 10.0. The molecule has 5 heteroatoms. The van der Waals surface area contributed by atoms with Gasteiger partial charge in [-0.2, -0.15) is 5.10 Å². The van der Waals surface area contributed by atoms with Gasteiger partial charge in [-0.15, -0.1) is 0 Å². The Labute approximate surface area is 108 Å². The molecule has 2 aromatic heterocycles. The van der Waals surface area contributed by atoms with Crippen LogP contribution in [0.2, 0.25) is 0 Å². The highest BCUT2D eigenvalue weighted by molar-refractivity contribution is 5.84. The smallest absolute Gasteiger partial charge is 0.230 e. The molecule has 5 nitrogen and oxygen atoms in total. The highest BCUT2D eigenvalue weighted by Crippen LogP contribution is 2.24. The van der Waals surface area contributed by atoms with Crippen LogP contribution in [-0.2, 0) is 0 Å². The molecule has 0 radical (unpaired) electrons. The lowest BCUT2D eigenvalue weighted by atomic mass is 10.2. The minimum atomic E-state index is 0.717. The molecule has 0 aliphatic rings. The maximum atomic E-state index is 5.86. The highest BCUT2D eigenvalue weighted by Gasteiger charge is 2.12. The summed E-state index contributed by atoms with van der Waals surface area (Å²) >= 11 is 0. The van der Waals surface area contributed by atoms with Gasteiger partial charge in [-0.25, -0.2) is 10.1 Å². The van der Waals surface area contributed by atoms with E-state index in [9.17, 15) is 0 Å². The molecule has 0 amide bonds. The van der Waals surface area contributed by atoms with Gasteiger partial charge in [-0.1, -0.05) is 30.3 Å². The standard InChI is InChI=1S/C14H11N5/c15-10-6-7-11-12(8-10)19-13(17-18-14(19)16-11)9-4-2-1-3-5-9/h1-8H,15H2,(H,16,18). The van der Waals surface area contributed by atoms with Crippen LogP contribution >= 0.6 is 0 Å². The molecular formula is C14H11N5. The molecule has 19 heavy (non-hydrogen) atoms. The van der Waals surface area contributed by atoms with Gasteiger partial charge in [0.15, 0.2) is 5.82 Å². The second-order valence-electron chi connectivity index (χ2n) is 4.43. The Kier molecular flexibility index (Phi) is 1.91. The molecule has 0 aliphatic carbocycles. The molecule has 4 aromatic rings. The number of imidazole rings is 1. The summed E-state index contributed by atoms with van der Waals surface area (Å²) in [7, 11) is 0. The van der Waals surface area contributed by atoms with Gasteiger partial charge in [0.2, 0.25) is 5.78 Å². The third-order valence-corrected chi connectivity index (χ3v) is 3.18. The summed E-state index contributed by atoms with van der Waals surface area (Å²) < 4.78 is 1.99. The van der Waals surface area contributed by atoms with Crippen LogP contribution in [0.15, 0.2) is 48.5 Å². The van der Waals surface area contributed by atoms with Crippen LogP contribution in [0.1, 0.15) is 0 Å². The van der Waals surface area contributed by atoms with Crippen LogP contribution in [-0.4, -0.2) is 19.6 Å². The number of nitrogens with two attached hydrogens (primary N) is 1. The first-order valence-corrected chi connectivity index (χ1v) is 6.00. The Bertz CT molecular complexity index is 873. The number of nitrogens with one attached hydrogen (secondary N) is 1. The summed E-state index contributed by atoms with van der Waals surface area (Å²) in [6.45, 7) is 0. The maximum Gasteiger partial charge on any atom is 0.230 e. The van der Waals surface area contributed by atoms with Crippen LogP contribution in [0.4, 0.5) is 5.69 Å². The van der Waals surface area contributed by atoms with E-state index in [1.807, 2.05) is 52.9 Å². The second-order valence-corrected chi connectivity index (χ2v) is 4.43. The number of H-pyrrole nitrogens is 1. The molecule has 0 spiro atoms. The molecule has 0 bridgehead atoms. The fraction of sp³-hybridized carbons (Fsp3) is 0. The molecule has 3 N–H and O–H groups in total. The van der Waals surface area contributed by atoms with E-state index < -0.39 is 0 Å². The average molecular weight is 249 g/mol. The molecule has 92 valence electrons. The Morgan fingerprint density at radius 1 is 1.05 bits per heavy atom. The molecular weight excluding hydrogens is 238 g/mol. The fourth-order valence-electron chi connectivity index (χ4n) is 2.32. The first kappa shape index (κ1) is 10.1. The van der Waals surface area contributed by atoms with Crippen molar-refractivity contribution in [1.82, 2.24) is 19.6 Å². The van der Waals surface area contributed by atoms with Crippen molar-refractivity contribution in [2.75, 3.05) is 5.73 Å². The second kappa shape index (κ2) is 3.58. The van der Waals surface area contributed by atoms with Crippen molar-refractivity contribution in [3.63, 3.8) is 0 Å². The first-order valence-electron chi connectivity index (χ1n) is 6.00. The van der Waals surface area contributed by atoms with Crippen molar-refractivity contribution in [3.05, 3.63) is 48.5 Å². The summed E-state index contributed by atoms with van der Waals surface area (Å²) in [4.78, 5) is 4.49. The van der Waals surface area contributed by atoms with Gasteiger partial charge in [-0.3, -0.25) is 4.40 Å². The van der Waals surface area contributed by atoms with Gasteiger partial charge in [0.25, 0.3) is 0 Å². The number of nitrogens with zero attached hydrogens (tertiary/aromatic N) is 3. The number of anilines is 1. The van der Waals surface area contributed by atoms with Crippen molar-refractivity contribution in [1.29, 1.82) is 0 Å². The number of fused-ring (bicyclic) bond motifs is 3. The van der Waals surface area contributed by atoms with Gasteiger partial charge >= 0.3 is 0 Å². The Balaban J connectivity index is 2.12. The van der Waals surface area contributed by atoms with Crippen molar-refractivity contribution in [2.24, 2.45) is 0 Å². The maximum absolute atomic E-state index is 5.86. The minimum absolute atomic E-state index is 0.717. The lowest BCUT2D eigenvalue weighted by molar-refractivity contribution is 1.10. The van der Waals surface area contributed by atoms with Gasteiger partial charge in [0.05, 0.1) is 11.0 Å². The van der Waals surface area contributed by atoms with Crippen LogP contribution in [0.3, 0.4) is 0 Å². The Morgan fingerprint density at radius 3 is 2.74 bits per heavy atom. The molecule has 0 unspecified atom stereocenters. The summed E-state index contributed by atoms with van der Waals surface area (Å²) in [5.41, 5.74) is 9.48. The predicted octanol–water partition coefficient (Wildman–Crippen LogP) is 2.46. The van der Waals surface area contributed by atoms with E-state index >= 15 is 0 Å². The van der Waals surface area contributed by atoms with Gasteiger partial charge < -0.3 is 5.73 Å². The topological polar surface area (TPSA) is 72.0 Å². The van der Waals surface area contributed by atoms with Gasteiger partial charge in [-0.05, 0) is 18.2 Å². The van der Waals surface area contributed by atoms with E-state index in [4.69, 9.17) is 5.73 Å². The normalized spacial score (nSPS) is 11.4. The molecule has 2 aromatic carbocycles. The van der Waals surface area contributed by atoms with Crippen molar-refractivity contribution in [3.8, 4) is 11.4 Å². The van der Waals surface area contributed by atoms with E-state index in [0.717, 1.165) is 33.9 Å². The first-order chi connectivity index (χ1) is 9.33. The lowest BCUT2D eigenvalue weighted by Crippen LogP contribution is -1.89. The number of hydrogen-bond acceptors (Lipinski definition) is 3. The summed E-state index contributed by atoms with van der Waals surface area (Å²) in [5.74, 6) is 1.56. The largest absolute Gasteiger partial charge is 0.399 e. The molecule has 2 heterocycles. The number of hydrogen-bond donors (Lipinski definition) is 2. The number of aromatic nitrogens is 4.